The Hall–Kier alpha value is -2.24. The summed E-state index contributed by atoms with van der Waals surface area (Å²) in [7, 11) is 0. The molecule has 0 fully saturated rings. The first kappa shape index (κ1) is 20.5. The van der Waals surface area contributed by atoms with E-state index in [0.29, 0.717) is 11.6 Å². The topological polar surface area (TPSA) is 39.9 Å². The second-order valence-corrected chi connectivity index (χ2v) is 8.00. The summed E-state index contributed by atoms with van der Waals surface area (Å²) >= 11 is 7.71. The van der Waals surface area contributed by atoms with Crippen molar-refractivity contribution in [2.45, 2.75) is 44.3 Å². The van der Waals surface area contributed by atoms with E-state index in [9.17, 15) is 0 Å². The molecule has 4 nitrogen and oxygen atoms in total. The molecule has 6 heteroatoms. The molecule has 0 amide bonds. The van der Waals surface area contributed by atoms with Gasteiger partial charge in [-0.15, -0.1) is 16.8 Å². The van der Waals surface area contributed by atoms with Crippen molar-refractivity contribution in [1.82, 2.24) is 14.8 Å². The van der Waals surface area contributed by atoms with Crippen molar-refractivity contribution in [2.24, 2.45) is 0 Å². The Balaban J connectivity index is 1.79. The van der Waals surface area contributed by atoms with Crippen molar-refractivity contribution in [3.8, 4) is 5.75 Å². The summed E-state index contributed by atoms with van der Waals surface area (Å²) in [6, 6.07) is 14.0. The van der Waals surface area contributed by atoms with E-state index in [2.05, 4.69) is 52.5 Å². The molecular weight excluding hydrogens is 390 g/mol. The highest BCUT2D eigenvalue weighted by Gasteiger charge is 2.20. The van der Waals surface area contributed by atoms with Crippen molar-refractivity contribution in [1.29, 1.82) is 0 Å². The highest BCUT2D eigenvalue weighted by Crippen LogP contribution is 2.29. The summed E-state index contributed by atoms with van der Waals surface area (Å²) in [6.07, 6.45) is 1.60. The second kappa shape index (κ2) is 9.30. The van der Waals surface area contributed by atoms with Gasteiger partial charge in [0.2, 0.25) is 0 Å². The minimum atomic E-state index is -0.250. The molecule has 2 aromatic carbocycles. The van der Waals surface area contributed by atoms with Crippen LogP contribution in [0.1, 0.15) is 35.5 Å². The Morgan fingerprint density at radius 1 is 1.18 bits per heavy atom. The lowest BCUT2D eigenvalue weighted by Gasteiger charge is -2.17. The van der Waals surface area contributed by atoms with Gasteiger partial charge in [-0.1, -0.05) is 53.7 Å². The fourth-order valence-corrected chi connectivity index (χ4v) is 4.17. The zero-order valence-corrected chi connectivity index (χ0v) is 17.9. The number of hydrogen-bond acceptors (Lipinski definition) is 4. The van der Waals surface area contributed by atoms with E-state index in [1.807, 2.05) is 38.1 Å². The second-order valence-electron chi connectivity index (χ2n) is 6.63. The molecule has 0 radical (unpaired) electrons. The van der Waals surface area contributed by atoms with Crippen molar-refractivity contribution in [3.05, 3.63) is 82.7 Å². The molecule has 1 atom stereocenters. The van der Waals surface area contributed by atoms with Gasteiger partial charge in [0.05, 0.1) is 0 Å². The fourth-order valence-electron chi connectivity index (χ4n) is 2.91. The average molecular weight is 414 g/mol. The molecule has 3 rings (SSSR count). The monoisotopic (exact) mass is 413 g/mol. The number of nitrogens with zero attached hydrogens (tertiary/aromatic N) is 3. The Morgan fingerprint density at radius 3 is 2.68 bits per heavy atom. The summed E-state index contributed by atoms with van der Waals surface area (Å²) < 4.78 is 8.20. The van der Waals surface area contributed by atoms with Crippen LogP contribution in [0.2, 0.25) is 5.02 Å². The van der Waals surface area contributed by atoms with Crippen molar-refractivity contribution in [3.63, 3.8) is 0 Å². The van der Waals surface area contributed by atoms with E-state index < -0.39 is 0 Å². The largest absolute Gasteiger partial charge is 0.482 e. The molecule has 0 N–H and O–H groups in total. The third-order valence-electron chi connectivity index (χ3n) is 4.48. The lowest BCUT2D eigenvalue weighted by atomic mass is 10.1. The smallest absolute Gasteiger partial charge is 0.191 e. The third kappa shape index (κ3) is 4.78. The highest BCUT2D eigenvalue weighted by atomic mass is 35.5. The molecule has 0 saturated heterocycles. The van der Waals surface area contributed by atoms with Crippen molar-refractivity contribution < 1.29 is 4.74 Å². The van der Waals surface area contributed by atoms with Crippen LogP contribution < -0.4 is 4.74 Å². The number of ether oxygens (including phenoxy) is 1. The van der Waals surface area contributed by atoms with Crippen LogP contribution >= 0.6 is 23.4 Å². The Morgan fingerprint density at radius 2 is 1.96 bits per heavy atom. The summed E-state index contributed by atoms with van der Waals surface area (Å²) in [4.78, 5) is 0. The predicted molar refractivity (Wildman–Crippen MR) is 116 cm³/mol. The summed E-state index contributed by atoms with van der Waals surface area (Å²) in [5, 5.41) is 10.4. The molecule has 146 valence electrons. The average Bonchev–Trinajstić information content (AvgIpc) is 3.06. The number of aromatic nitrogens is 3. The third-order valence-corrected chi connectivity index (χ3v) is 5.73. The fraction of sp³-hybridized carbons (Fsp3) is 0.273. The summed E-state index contributed by atoms with van der Waals surface area (Å²) in [5.41, 5.74) is 3.56. The number of aryl methyl sites for hydroxylation is 2. The predicted octanol–water partition coefficient (Wildman–Crippen LogP) is 6.17. The van der Waals surface area contributed by atoms with Crippen molar-refractivity contribution >= 4 is 23.4 Å². The quantitative estimate of drug-likeness (QED) is 0.327. The maximum atomic E-state index is 6.14. The zero-order valence-electron chi connectivity index (χ0n) is 16.4. The van der Waals surface area contributed by atoms with Gasteiger partial charge in [-0.05, 0) is 55.7 Å². The molecule has 28 heavy (non-hydrogen) atoms. The lowest BCUT2D eigenvalue weighted by molar-refractivity contribution is 0.209. The van der Waals surface area contributed by atoms with Crippen LogP contribution in [0.15, 0.2) is 60.3 Å². The number of rotatable bonds is 8. The maximum absolute atomic E-state index is 6.14. The van der Waals surface area contributed by atoms with Gasteiger partial charge in [0.25, 0.3) is 0 Å². The number of allylic oxidation sites excluding steroid dienone is 1. The van der Waals surface area contributed by atoms with E-state index in [1.54, 1.807) is 11.8 Å². The van der Waals surface area contributed by atoms with E-state index in [0.717, 1.165) is 28.0 Å². The van der Waals surface area contributed by atoms with Crippen molar-refractivity contribution in [2.75, 3.05) is 0 Å². The van der Waals surface area contributed by atoms with Crippen LogP contribution in [0.25, 0.3) is 0 Å². The van der Waals surface area contributed by atoms with Crippen LogP contribution in [0.4, 0.5) is 0 Å². The minimum absolute atomic E-state index is 0.250. The van der Waals surface area contributed by atoms with Gasteiger partial charge in [0, 0.05) is 17.3 Å². The van der Waals surface area contributed by atoms with Gasteiger partial charge in [-0.25, -0.2) is 0 Å². The molecule has 1 unspecified atom stereocenters. The molecule has 0 aliphatic carbocycles. The summed E-state index contributed by atoms with van der Waals surface area (Å²) in [6.45, 7) is 10.6. The van der Waals surface area contributed by atoms with Crippen LogP contribution in [0, 0.1) is 13.8 Å². The molecule has 1 heterocycles. The van der Waals surface area contributed by atoms with Gasteiger partial charge < -0.3 is 4.74 Å². The van der Waals surface area contributed by atoms with Crippen LogP contribution in [-0.4, -0.2) is 14.8 Å². The first-order chi connectivity index (χ1) is 13.5. The van der Waals surface area contributed by atoms with E-state index >= 15 is 0 Å². The highest BCUT2D eigenvalue weighted by molar-refractivity contribution is 7.98. The molecule has 1 aromatic heterocycles. The normalized spacial score (nSPS) is 12.0. The SMILES string of the molecule is C=CCn1c(SCc2ccccc2C)nnc1C(C)Oc1ccc(Cl)cc1C. The molecule has 3 aromatic rings. The summed E-state index contributed by atoms with van der Waals surface area (Å²) in [5.74, 6) is 2.41. The van der Waals surface area contributed by atoms with Crippen LogP contribution in [0.5, 0.6) is 5.75 Å². The Bertz CT molecular complexity index is 970. The van der Waals surface area contributed by atoms with E-state index in [4.69, 9.17) is 16.3 Å². The molecule has 0 bridgehead atoms. The van der Waals surface area contributed by atoms with Gasteiger partial charge >= 0.3 is 0 Å². The number of halogens is 1. The van der Waals surface area contributed by atoms with Crippen LogP contribution in [0.3, 0.4) is 0 Å². The number of benzene rings is 2. The van der Waals surface area contributed by atoms with Gasteiger partial charge in [-0.3, -0.25) is 4.57 Å². The van der Waals surface area contributed by atoms with E-state index in [-0.39, 0.29) is 6.10 Å². The standard InChI is InChI=1S/C22H24ClN3OS/c1-5-12-26-21(17(4)27-20-11-10-19(23)13-16(20)3)24-25-22(26)28-14-18-9-7-6-8-15(18)2/h5-11,13,17H,1,12,14H2,2-4H3. The van der Waals surface area contributed by atoms with E-state index in [1.165, 1.54) is 11.1 Å². The number of thioether (sulfide) groups is 1. The first-order valence-corrected chi connectivity index (χ1v) is 10.5. The Labute approximate surface area is 175 Å². The molecule has 0 aliphatic rings. The molecule has 0 aliphatic heterocycles. The number of hydrogen-bond donors (Lipinski definition) is 0. The van der Waals surface area contributed by atoms with Crippen LogP contribution in [-0.2, 0) is 12.3 Å². The molecular formula is C22H24ClN3OS. The zero-order chi connectivity index (χ0) is 20.1. The minimum Gasteiger partial charge on any atom is -0.482 e. The molecule has 0 spiro atoms. The van der Waals surface area contributed by atoms with Gasteiger partial charge in [0.15, 0.2) is 17.1 Å². The first-order valence-electron chi connectivity index (χ1n) is 9.13. The van der Waals surface area contributed by atoms with Gasteiger partial charge in [-0.2, -0.15) is 0 Å². The lowest BCUT2D eigenvalue weighted by Crippen LogP contribution is -2.12. The van der Waals surface area contributed by atoms with Gasteiger partial charge in [0.1, 0.15) is 5.75 Å². The maximum Gasteiger partial charge on any atom is 0.191 e. The Kier molecular flexibility index (Phi) is 6.81. The molecule has 0 saturated carbocycles.